The number of nitrogens with two attached hydrogens (primary N) is 1. The van der Waals surface area contributed by atoms with Crippen LogP contribution in [-0.4, -0.2) is 16.0 Å². The molecule has 2 N–H and O–H groups in total. The van der Waals surface area contributed by atoms with Crippen molar-refractivity contribution in [2.75, 3.05) is 6.61 Å². The van der Waals surface area contributed by atoms with Gasteiger partial charge in [0.25, 0.3) is 0 Å². The summed E-state index contributed by atoms with van der Waals surface area (Å²) in [6.45, 7) is 5.26. The molecule has 0 aliphatic heterocycles. The molecule has 0 saturated carbocycles. The van der Waals surface area contributed by atoms with E-state index in [0.29, 0.717) is 13.2 Å². The van der Waals surface area contributed by atoms with Gasteiger partial charge < -0.3 is 14.9 Å². The SMILES string of the molecule is CCOc1ccc(-c2nc3cc(CN)ccn3c2C)cc1. The van der Waals surface area contributed by atoms with E-state index in [4.69, 9.17) is 15.5 Å². The van der Waals surface area contributed by atoms with Crippen molar-refractivity contribution in [2.45, 2.75) is 20.4 Å². The molecule has 0 radical (unpaired) electrons. The summed E-state index contributed by atoms with van der Waals surface area (Å²) in [6.07, 6.45) is 2.03. The first-order valence-electron chi connectivity index (χ1n) is 7.14. The standard InChI is InChI=1S/C17H19N3O/c1-3-21-15-6-4-14(5-7-15)17-12(2)20-9-8-13(11-18)10-16(20)19-17/h4-10H,3,11,18H2,1-2H3. The van der Waals surface area contributed by atoms with E-state index in [1.165, 1.54) is 0 Å². The number of nitrogens with zero attached hydrogens (tertiary/aromatic N) is 2. The number of rotatable bonds is 4. The molecule has 0 spiro atoms. The highest BCUT2D eigenvalue weighted by Crippen LogP contribution is 2.26. The number of imidazole rings is 1. The molecule has 4 nitrogen and oxygen atoms in total. The zero-order valence-electron chi connectivity index (χ0n) is 12.3. The Labute approximate surface area is 124 Å². The molecule has 3 rings (SSSR count). The summed E-state index contributed by atoms with van der Waals surface area (Å²) < 4.78 is 7.56. The van der Waals surface area contributed by atoms with Gasteiger partial charge in [-0.3, -0.25) is 0 Å². The fourth-order valence-corrected chi connectivity index (χ4v) is 2.49. The van der Waals surface area contributed by atoms with E-state index in [0.717, 1.165) is 33.9 Å². The van der Waals surface area contributed by atoms with Crippen molar-refractivity contribution in [3.63, 3.8) is 0 Å². The van der Waals surface area contributed by atoms with Gasteiger partial charge in [-0.05, 0) is 55.8 Å². The highest BCUT2D eigenvalue weighted by Gasteiger charge is 2.10. The summed E-state index contributed by atoms with van der Waals surface area (Å²) in [4.78, 5) is 4.73. The number of hydrogen-bond donors (Lipinski definition) is 1. The predicted octanol–water partition coefficient (Wildman–Crippen LogP) is 3.17. The summed E-state index contributed by atoms with van der Waals surface area (Å²) in [6, 6.07) is 12.1. The largest absolute Gasteiger partial charge is 0.494 e. The highest BCUT2D eigenvalue weighted by atomic mass is 16.5. The van der Waals surface area contributed by atoms with Crippen LogP contribution in [0, 0.1) is 6.92 Å². The molecule has 4 heteroatoms. The van der Waals surface area contributed by atoms with Crippen LogP contribution in [0.25, 0.3) is 16.9 Å². The van der Waals surface area contributed by atoms with Gasteiger partial charge in [0, 0.05) is 24.0 Å². The average Bonchev–Trinajstić information content (AvgIpc) is 2.85. The third-order valence-corrected chi connectivity index (χ3v) is 3.60. The first-order chi connectivity index (χ1) is 10.2. The van der Waals surface area contributed by atoms with Gasteiger partial charge in [-0.1, -0.05) is 0 Å². The maximum absolute atomic E-state index is 5.69. The lowest BCUT2D eigenvalue weighted by Crippen LogP contribution is -1.97. The van der Waals surface area contributed by atoms with E-state index in [9.17, 15) is 0 Å². The molecule has 1 aromatic carbocycles. The molecule has 0 bridgehead atoms. The van der Waals surface area contributed by atoms with Gasteiger partial charge >= 0.3 is 0 Å². The van der Waals surface area contributed by atoms with Crippen LogP contribution in [0.2, 0.25) is 0 Å². The quantitative estimate of drug-likeness (QED) is 0.799. The van der Waals surface area contributed by atoms with Gasteiger partial charge in [-0.25, -0.2) is 4.98 Å². The second-order valence-electron chi connectivity index (χ2n) is 4.97. The summed E-state index contributed by atoms with van der Waals surface area (Å²) in [7, 11) is 0. The molecule has 3 aromatic rings. The molecule has 0 unspecified atom stereocenters. The zero-order valence-corrected chi connectivity index (χ0v) is 12.3. The number of aromatic nitrogens is 2. The second-order valence-corrected chi connectivity index (χ2v) is 4.97. The van der Waals surface area contributed by atoms with Crippen molar-refractivity contribution in [3.05, 3.63) is 53.9 Å². The summed E-state index contributed by atoms with van der Waals surface area (Å²) in [5.41, 5.74) is 10.9. The Morgan fingerprint density at radius 3 is 2.62 bits per heavy atom. The molecule has 0 aliphatic rings. The van der Waals surface area contributed by atoms with E-state index in [1.54, 1.807) is 0 Å². The number of hydrogen-bond acceptors (Lipinski definition) is 3. The minimum atomic E-state index is 0.529. The van der Waals surface area contributed by atoms with Gasteiger partial charge in [0.2, 0.25) is 0 Å². The number of pyridine rings is 1. The van der Waals surface area contributed by atoms with Crippen LogP contribution < -0.4 is 10.5 Å². The molecule has 0 atom stereocenters. The summed E-state index contributed by atoms with van der Waals surface area (Å²) >= 11 is 0. The fraction of sp³-hybridized carbons (Fsp3) is 0.235. The van der Waals surface area contributed by atoms with E-state index in [-0.39, 0.29) is 0 Å². The summed E-state index contributed by atoms with van der Waals surface area (Å²) in [5, 5.41) is 0. The lowest BCUT2D eigenvalue weighted by Gasteiger charge is -2.04. The van der Waals surface area contributed by atoms with Crippen LogP contribution in [0.4, 0.5) is 0 Å². The van der Waals surface area contributed by atoms with Crippen molar-refractivity contribution >= 4 is 5.65 Å². The van der Waals surface area contributed by atoms with Crippen LogP contribution in [0.1, 0.15) is 18.2 Å². The normalized spacial score (nSPS) is 11.0. The van der Waals surface area contributed by atoms with E-state index < -0.39 is 0 Å². The Balaban J connectivity index is 2.05. The van der Waals surface area contributed by atoms with Crippen LogP contribution in [0.5, 0.6) is 5.75 Å². The highest BCUT2D eigenvalue weighted by molar-refractivity contribution is 5.67. The topological polar surface area (TPSA) is 52.5 Å². The molecule has 0 fully saturated rings. The van der Waals surface area contributed by atoms with Crippen LogP contribution >= 0.6 is 0 Å². The summed E-state index contributed by atoms with van der Waals surface area (Å²) in [5.74, 6) is 0.882. The Morgan fingerprint density at radius 1 is 1.19 bits per heavy atom. The Bertz CT molecular complexity index is 760. The second kappa shape index (κ2) is 5.58. The Morgan fingerprint density at radius 2 is 1.95 bits per heavy atom. The molecule has 2 aromatic heterocycles. The molecule has 108 valence electrons. The first-order valence-corrected chi connectivity index (χ1v) is 7.14. The molecule has 0 saturated heterocycles. The van der Waals surface area contributed by atoms with Crippen LogP contribution in [0.3, 0.4) is 0 Å². The monoisotopic (exact) mass is 281 g/mol. The van der Waals surface area contributed by atoms with Gasteiger partial charge in [0.1, 0.15) is 11.4 Å². The fourth-order valence-electron chi connectivity index (χ4n) is 2.49. The third-order valence-electron chi connectivity index (χ3n) is 3.60. The molecular weight excluding hydrogens is 262 g/mol. The first kappa shape index (κ1) is 13.6. The Kier molecular flexibility index (Phi) is 3.62. The van der Waals surface area contributed by atoms with Gasteiger partial charge in [0.05, 0.1) is 12.3 Å². The van der Waals surface area contributed by atoms with Crippen molar-refractivity contribution in [3.8, 4) is 17.0 Å². The lowest BCUT2D eigenvalue weighted by atomic mass is 10.1. The molecule has 21 heavy (non-hydrogen) atoms. The third kappa shape index (κ3) is 2.50. The maximum Gasteiger partial charge on any atom is 0.137 e. The van der Waals surface area contributed by atoms with Crippen LogP contribution in [0.15, 0.2) is 42.6 Å². The minimum absolute atomic E-state index is 0.529. The maximum atomic E-state index is 5.69. The number of aryl methyl sites for hydroxylation is 1. The van der Waals surface area contributed by atoms with E-state index >= 15 is 0 Å². The van der Waals surface area contributed by atoms with E-state index in [2.05, 4.69) is 11.3 Å². The number of benzene rings is 1. The number of ether oxygens (including phenoxy) is 1. The van der Waals surface area contributed by atoms with Gasteiger partial charge in [0.15, 0.2) is 0 Å². The van der Waals surface area contributed by atoms with E-state index in [1.807, 2.05) is 49.5 Å². The molecule has 0 aliphatic carbocycles. The smallest absolute Gasteiger partial charge is 0.137 e. The van der Waals surface area contributed by atoms with Gasteiger partial charge in [-0.15, -0.1) is 0 Å². The molecule has 0 amide bonds. The van der Waals surface area contributed by atoms with Crippen molar-refractivity contribution in [1.82, 2.24) is 9.38 Å². The van der Waals surface area contributed by atoms with Crippen LogP contribution in [-0.2, 0) is 6.54 Å². The zero-order chi connectivity index (χ0) is 14.8. The molecular formula is C17H19N3O. The predicted molar refractivity (Wildman–Crippen MR) is 84.4 cm³/mol. The lowest BCUT2D eigenvalue weighted by molar-refractivity contribution is 0.340. The van der Waals surface area contributed by atoms with Crippen molar-refractivity contribution in [2.24, 2.45) is 5.73 Å². The number of fused-ring (bicyclic) bond motifs is 1. The average molecular weight is 281 g/mol. The molecule has 2 heterocycles. The van der Waals surface area contributed by atoms with Gasteiger partial charge in [-0.2, -0.15) is 0 Å². The van der Waals surface area contributed by atoms with Crippen molar-refractivity contribution in [1.29, 1.82) is 0 Å². The Hall–Kier alpha value is -2.33. The van der Waals surface area contributed by atoms with Crippen molar-refractivity contribution < 1.29 is 4.74 Å². The minimum Gasteiger partial charge on any atom is -0.494 e.